The van der Waals surface area contributed by atoms with E-state index < -0.39 is 11.8 Å². The molecule has 0 aliphatic heterocycles. The maximum absolute atomic E-state index is 13.5. The molecule has 2 amide bonds. The van der Waals surface area contributed by atoms with E-state index in [1.54, 1.807) is 84.9 Å². The summed E-state index contributed by atoms with van der Waals surface area (Å²) in [5, 5.41) is 6.23. The van der Waals surface area contributed by atoms with Crippen molar-refractivity contribution >= 4 is 64.3 Å². The Morgan fingerprint density at radius 1 is 0.773 bits per heavy atom. The summed E-state index contributed by atoms with van der Waals surface area (Å²) >= 11 is 13.3. The van der Waals surface area contributed by atoms with Crippen LogP contribution in [0.5, 0.6) is 17.2 Å². The smallest absolute Gasteiger partial charge is 0.272 e. The number of anilines is 1. The highest BCUT2D eigenvalue weighted by atomic mass is 35.5. The number of hydrogen-bond donors (Lipinski definition) is 2. The van der Waals surface area contributed by atoms with Crippen LogP contribution in [0.4, 0.5) is 5.69 Å². The van der Waals surface area contributed by atoms with Crippen molar-refractivity contribution in [2.24, 2.45) is 0 Å². The second kappa shape index (κ2) is 15.3. The number of nitrogens with one attached hydrogen (secondary N) is 2. The van der Waals surface area contributed by atoms with Crippen molar-refractivity contribution in [3.05, 3.63) is 117 Å². The zero-order chi connectivity index (χ0) is 31.6. The number of halogens is 2. The van der Waals surface area contributed by atoms with Crippen molar-refractivity contribution < 1.29 is 28.6 Å². The first-order valence-corrected chi connectivity index (χ1v) is 14.9. The third-order valence-corrected chi connectivity index (χ3v) is 8.00. The standard InChI is InChI=1S/C33H28Cl2N2O6S/c1-41-29-16-20(17-30(42-2)31(29)43-3)15-27(37-32(39)21-7-5-4-6-8-21)33(40)36-23-10-12-24(13-11-23)44-19-28(38)22-9-14-25(34)26(35)18-22/h4-18H,19H2,1-3H3,(H,36,40)(H,37,39)/b27-15-. The summed E-state index contributed by atoms with van der Waals surface area (Å²) in [4.78, 5) is 39.9. The van der Waals surface area contributed by atoms with Gasteiger partial charge in [0.25, 0.3) is 11.8 Å². The highest BCUT2D eigenvalue weighted by Gasteiger charge is 2.18. The van der Waals surface area contributed by atoms with Gasteiger partial charge in [-0.15, -0.1) is 11.8 Å². The number of amides is 2. The number of benzene rings is 4. The van der Waals surface area contributed by atoms with Crippen molar-refractivity contribution in [3.63, 3.8) is 0 Å². The van der Waals surface area contributed by atoms with Crippen LogP contribution in [-0.2, 0) is 4.79 Å². The Hall–Kier alpha value is -4.44. The number of carbonyl (C=O) groups is 3. The zero-order valence-electron chi connectivity index (χ0n) is 24.0. The first-order chi connectivity index (χ1) is 21.2. The van der Waals surface area contributed by atoms with E-state index >= 15 is 0 Å². The van der Waals surface area contributed by atoms with Gasteiger partial charge in [0.15, 0.2) is 17.3 Å². The number of ketones is 1. The van der Waals surface area contributed by atoms with Crippen molar-refractivity contribution in [2.45, 2.75) is 4.90 Å². The second-order valence-electron chi connectivity index (χ2n) is 9.16. The number of Topliss-reactive ketones (excluding diaryl/α,β-unsaturated/α-hetero) is 1. The van der Waals surface area contributed by atoms with Crippen molar-refractivity contribution in [2.75, 3.05) is 32.4 Å². The van der Waals surface area contributed by atoms with Crippen molar-refractivity contribution in [3.8, 4) is 17.2 Å². The summed E-state index contributed by atoms with van der Waals surface area (Å²) in [6.45, 7) is 0. The van der Waals surface area contributed by atoms with Crippen LogP contribution in [0, 0.1) is 0 Å². The molecule has 0 heterocycles. The van der Waals surface area contributed by atoms with Crippen LogP contribution in [0.3, 0.4) is 0 Å². The molecule has 0 aliphatic carbocycles. The van der Waals surface area contributed by atoms with Gasteiger partial charge in [0.1, 0.15) is 5.70 Å². The van der Waals surface area contributed by atoms with E-state index in [-0.39, 0.29) is 17.2 Å². The van der Waals surface area contributed by atoms with Gasteiger partial charge in [0.05, 0.1) is 37.1 Å². The largest absolute Gasteiger partial charge is 0.493 e. The monoisotopic (exact) mass is 650 g/mol. The van der Waals surface area contributed by atoms with E-state index in [0.29, 0.717) is 49.7 Å². The Labute approximate surface area is 269 Å². The molecule has 44 heavy (non-hydrogen) atoms. The predicted molar refractivity (Wildman–Crippen MR) is 175 cm³/mol. The van der Waals surface area contributed by atoms with E-state index in [4.69, 9.17) is 37.4 Å². The van der Waals surface area contributed by atoms with E-state index in [9.17, 15) is 14.4 Å². The Bertz CT molecular complexity index is 1670. The highest BCUT2D eigenvalue weighted by molar-refractivity contribution is 8.00. The average Bonchev–Trinajstić information content (AvgIpc) is 3.04. The highest BCUT2D eigenvalue weighted by Crippen LogP contribution is 2.38. The van der Waals surface area contributed by atoms with E-state index in [1.807, 2.05) is 0 Å². The first kappa shape index (κ1) is 32.5. The lowest BCUT2D eigenvalue weighted by atomic mass is 10.1. The fraction of sp³-hybridized carbons (Fsp3) is 0.121. The minimum absolute atomic E-state index is 0.0150. The molecule has 0 radical (unpaired) electrons. The number of thioether (sulfide) groups is 1. The summed E-state index contributed by atoms with van der Waals surface area (Å²) in [5.74, 6) is 0.244. The lowest BCUT2D eigenvalue weighted by Crippen LogP contribution is -2.30. The molecule has 0 spiro atoms. The van der Waals surface area contributed by atoms with Crippen LogP contribution < -0.4 is 24.8 Å². The van der Waals surface area contributed by atoms with Crippen LogP contribution in [0.15, 0.2) is 95.5 Å². The van der Waals surface area contributed by atoms with Crippen LogP contribution in [0.2, 0.25) is 10.0 Å². The van der Waals surface area contributed by atoms with Gasteiger partial charge in [0, 0.05) is 21.7 Å². The van der Waals surface area contributed by atoms with E-state index in [1.165, 1.54) is 39.2 Å². The lowest BCUT2D eigenvalue weighted by Gasteiger charge is -2.15. The quantitative estimate of drug-likeness (QED) is 0.0935. The Morgan fingerprint density at radius 3 is 2.02 bits per heavy atom. The molecule has 11 heteroatoms. The maximum Gasteiger partial charge on any atom is 0.272 e. The third kappa shape index (κ3) is 8.35. The molecule has 226 valence electrons. The molecule has 0 saturated heterocycles. The number of hydrogen-bond acceptors (Lipinski definition) is 7. The summed E-state index contributed by atoms with van der Waals surface area (Å²) in [6.07, 6.45) is 1.51. The summed E-state index contributed by atoms with van der Waals surface area (Å²) in [5.41, 5.74) is 1.85. The number of methoxy groups -OCH3 is 3. The SMILES string of the molecule is COc1cc(/C=C(\NC(=O)c2ccccc2)C(=O)Nc2ccc(SCC(=O)c3ccc(Cl)c(Cl)c3)cc2)cc(OC)c1OC. The number of rotatable bonds is 12. The fourth-order valence-corrected chi connectivity index (χ4v) is 5.12. The molecule has 0 aromatic heterocycles. The van der Waals surface area contributed by atoms with E-state index in [2.05, 4.69) is 10.6 Å². The maximum atomic E-state index is 13.5. The molecule has 4 rings (SSSR count). The molecule has 0 fully saturated rings. The van der Waals surface area contributed by atoms with Crippen LogP contribution in [0.25, 0.3) is 6.08 Å². The number of ether oxygens (including phenoxy) is 3. The normalized spacial score (nSPS) is 11.0. The molecular formula is C33H28Cl2N2O6S. The first-order valence-electron chi connectivity index (χ1n) is 13.1. The molecule has 0 unspecified atom stereocenters. The summed E-state index contributed by atoms with van der Waals surface area (Å²) in [6, 6.07) is 23.6. The van der Waals surface area contributed by atoms with Gasteiger partial charge >= 0.3 is 0 Å². The van der Waals surface area contributed by atoms with Crippen LogP contribution >= 0.6 is 35.0 Å². The van der Waals surface area contributed by atoms with Gasteiger partial charge in [-0.25, -0.2) is 0 Å². The van der Waals surface area contributed by atoms with Gasteiger partial charge < -0.3 is 24.8 Å². The summed E-state index contributed by atoms with van der Waals surface area (Å²) < 4.78 is 16.3. The lowest BCUT2D eigenvalue weighted by molar-refractivity contribution is -0.113. The molecule has 0 saturated carbocycles. The second-order valence-corrected chi connectivity index (χ2v) is 11.0. The molecule has 4 aromatic carbocycles. The molecule has 8 nitrogen and oxygen atoms in total. The van der Waals surface area contributed by atoms with Crippen LogP contribution in [0.1, 0.15) is 26.3 Å². The van der Waals surface area contributed by atoms with Gasteiger partial charge in [-0.05, 0) is 78.4 Å². The predicted octanol–water partition coefficient (Wildman–Crippen LogP) is 7.40. The molecule has 0 atom stereocenters. The van der Waals surface area contributed by atoms with Gasteiger partial charge in [-0.1, -0.05) is 41.4 Å². The molecule has 0 aliphatic rings. The minimum Gasteiger partial charge on any atom is -0.493 e. The van der Waals surface area contributed by atoms with E-state index in [0.717, 1.165) is 4.90 Å². The van der Waals surface area contributed by atoms with Crippen molar-refractivity contribution in [1.29, 1.82) is 0 Å². The minimum atomic E-state index is -0.557. The van der Waals surface area contributed by atoms with Gasteiger partial charge in [-0.3, -0.25) is 14.4 Å². The summed E-state index contributed by atoms with van der Waals surface area (Å²) in [7, 11) is 4.47. The third-order valence-electron chi connectivity index (χ3n) is 6.25. The molecular weight excluding hydrogens is 623 g/mol. The Balaban J connectivity index is 1.53. The van der Waals surface area contributed by atoms with Crippen molar-refractivity contribution in [1.82, 2.24) is 5.32 Å². The molecule has 4 aromatic rings. The van der Waals surface area contributed by atoms with Gasteiger partial charge in [-0.2, -0.15) is 0 Å². The van der Waals surface area contributed by atoms with Crippen LogP contribution in [-0.4, -0.2) is 44.7 Å². The molecule has 2 N–H and O–H groups in total. The number of carbonyl (C=O) groups excluding carboxylic acids is 3. The Morgan fingerprint density at radius 2 is 1.43 bits per heavy atom. The zero-order valence-corrected chi connectivity index (χ0v) is 26.3. The molecule has 0 bridgehead atoms. The fourth-order valence-electron chi connectivity index (χ4n) is 4.03. The Kier molecular flexibility index (Phi) is 11.3. The van der Waals surface area contributed by atoms with Gasteiger partial charge in [0.2, 0.25) is 5.75 Å². The average molecular weight is 652 g/mol. The topological polar surface area (TPSA) is 103 Å².